The molecule has 3 nitrogen and oxygen atoms in total. The first-order valence-corrected chi connectivity index (χ1v) is 5.13. The lowest BCUT2D eigenvalue weighted by Crippen LogP contribution is -2.57. The fourth-order valence-corrected chi connectivity index (χ4v) is 2.46. The Kier molecular flexibility index (Phi) is 2.52. The molecule has 1 saturated carbocycles. The Morgan fingerprint density at radius 1 is 1.23 bits per heavy atom. The van der Waals surface area contributed by atoms with Gasteiger partial charge in [-0.05, 0) is 12.8 Å². The minimum Gasteiger partial charge on any atom is -0.390 e. The summed E-state index contributed by atoms with van der Waals surface area (Å²) >= 11 is 0. The number of aliphatic hydroxyl groups excluding tert-OH is 1. The van der Waals surface area contributed by atoms with Crippen molar-refractivity contribution >= 4 is 0 Å². The van der Waals surface area contributed by atoms with E-state index in [-0.39, 0.29) is 12.0 Å². The van der Waals surface area contributed by atoms with Crippen LogP contribution in [0.2, 0.25) is 0 Å². The molecule has 72 valence electrons. The molecule has 2 rings (SSSR count). The highest BCUT2D eigenvalue weighted by Gasteiger charge is 2.36. The summed E-state index contributed by atoms with van der Waals surface area (Å²) in [5.41, 5.74) is 0. The van der Waals surface area contributed by atoms with E-state index in [1.165, 1.54) is 12.8 Å². The summed E-state index contributed by atoms with van der Waals surface area (Å²) in [6.45, 7) is 1.56. The SMILES string of the molecule is N#CC1CCCCC1N1CC(O)C1. The Balaban J connectivity index is 1.92. The Morgan fingerprint density at radius 3 is 2.54 bits per heavy atom. The third kappa shape index (κ3) is 1.70. The van der Waals surface area contributed by atoms with Crippen molar-refractivity contribution < 1.29 is 5.11 Å². The van der Waals surface area contributed by atoms with Gasteiger partial charge in [-0.3, -0.25) is 4.90 Å². The maximum absolute atomic E-state index is 9.18. The molecule has 0 aromatic carbocycles. The second-order valence-corrected chi connectivity index (χ2v) is 4.20. The van der Waals surface area contributed by atoms with Crippen LogP contribution < -0.4 is 0 Å². The molecule has 0 aromatic heterocycles. The number of hydrogen-bond donors (Lipinski definition) is 1. The van der Waals surface area contributed by atoms with E-state index in [0.717, 1.165) is 25.9 Å². The van der Waals surface area contributed by atoms with Crippen LogP contribution in [0.15, 0.2) is 0 Å². The Morgan fingerprint density at radius 2 is 1.92 bits per heavy atom. The molecule has 2 atom stereocenters. The van der Waals surface area contributed by atoms with E-state index in [0.29, 0.717) is 6.04 Å². The molecule has 0 amide bonds. The third-order valence-electron chi connectivity index (χ3n) is 3.25. The molecule has 0 aromatic rings. The second kappa shape index (κ2) is 3.65. The van der Waals surface area contributed by atoms with E-state index in [4.69, 9.17) is 5.26 Å². The average molecular weight is 180 g/mol. The predicted molar refractivity (Wildman–Crippen MR) is 48.9 cm³/mol. The number of likely N-dealkylation sites (tertiary alicyclic amines) is 1. The van der Waals surface area contributed by atoms with Gasteiger partial charge < -0.3 is 5.11 Å². The van der Waals surface area contributed by atoms with Crippen LogP contribution in [0.25, 0.3) is 0 Å². The van der Waals surface area contributed by atoms with Gasteiger partial charge in [0.05, 0.1) is 18.1 Å². The lowest BCUT2D eigenvalue weighted by molar-refractivity contribution is -0.0421. The number of β-amino-alcohol motifs (C(OH)–C–C–N with tert-alkyl or cyclic N) is 1. The molecule has 1 N–H and O–H groups in total. The Labute approximate surface area is 79.0 Å². The minimum absolute atomic E-state index is 0.138. The van der Waals surface area contributed by atoms with E-state index >= 15 is 0 Å². The molecular weight excluding hydrogens is 164 g/mol. The molecule has 1 heterocycles. The summed E-state index contributed by atoms with van der Waals surface area (Å²) in [5.74, 6) is 0.209. The van der Waals surface area contributed by atoms with Crippen molar-refractivity contribution in [3.8, 4) is 6.07 Å². The third-order valence-corrected chi connectivity index (χ3v) is 3.25. The zero-order valence-corrected chi connectivity index (χ0v) is 7.82. The van der Waals surface area contributed by atoms with Gasteiger partial charge in [-0.15, -0.1) is 0 Å². The van der Waals surface area contributed by atoms with Gasteiger partial charge in [0.15, 0.2) is 0 Å². The minimum atomic E-state index is -0.138. The van der Waals surface area contributed by atoms with Crippen LogP contribution in [0.3, 0.4) is 0 Å². The van der Waals surface area contributed by atoms with E-state index < -0.39 is 0 Å². The summed E-state index contributed by atoms with van der Waals surface area (Å²) in [6, 6.07) is 2.83. The molecule has 13 heavy (non-hydrogen) atoms. The summed E-state index contributed by atoms with van der Waals surface area (Å²) in [4.78, 5) is 2.26. The topological polar surface area (TPSA) is 47.3 Å². The van der Waals surface area contributed by atoms with Crippen molar-refractivity contribution in [3.63, 3.8) is 0 Å². The van der Waals surface area contributed by atoms with Crippen LogP contribution in [-0.4, -0.2) is 35.2 Å². The fourth-order valence-electron chi connectivity index (χ4n) is 2.46. The number of nitrogens with zero attached hydrogens (tertiary/aromatic N) is 2. The molecule has 2 unspecified atom stereocenters. The van der Waals surface area contributed by atoms with Crippen LogP contribution in [0.5, 0.6) is 0 Å². The lowest BCUT2D eigenvalue weighted by atomic mass is 9.83. The molecule has 0 radical (unpaired) electrons. The van der Waals surface area contributed by atoms with Crippen LogP contribution in [-0.2, 0) is 0 Å². The Bertz CT molecular complexity index is 217. The van der Waals surface area contributed by atoms with Crippen molar-refractivity contribution in [2.24, 2.45) is 5.92 Å². The molecule has 1 aliphatic carbocycles. The van der Waals surface area contributed by atoms with E-state index in [1.54, 1.807) is 0 Å². The van der Waals surface area contributed by atoms with Gasteiger partial charge >= 0.3 is 0 Å². The normalized spacial score (nSPS) is 36.6. The van der Waals surface area contributed by atoms with Crippen molar-refractivity contribution in [3.05, 3.63) is 0 Å². The molecule has 1 saturated heterocycles. The predicted octanol–water partition coefficient (Wildman–Crippen LogP) is 0.745. The molecule has 1 aliphatic heterocycles. The largest absolute Gasteiger partial charge is 0.390 e. The number of rotatable bonds is 1. The van der Waals surface area contributed by atoms with Gasteiger partial charge in [0, 0.05) is 19.1 Å². The monoisotopic (exact) mass is 180 g/mol. The highest BCUT2D eigenvalue weighted by atomic mass is 16.3. The van der Waals surface area contributed by atoms with Crippen molar-refractivity contribution in [1.29, 1.82) is 5.26 Å². The highest BCUT2D eigenvalue weighted by molar-refractivity contribution is 4.98. The van der Waals surface area contributed by atoms with E-state index in [1.807, 2.05) is 0 Å². The maximum atomic E-state index is 9.18. The molecular formula is C10H16N2O. The van der Waals surface area contributed by atoms with Crippen molar-refractivity contribution in [2.75, 3.05) is 13.1 Å². The van der Waals surface area contributed by atoms with Gasteiger partial charge in [0.1, 0.15) is 0 Å². The van der Waals surface area contributed by atoms with Gasteiger partial charge in [-0.25, -0.2) is 0 Å². The average Bonchev–Trinajstić information content (AvgIpc) is 2.13. The quantitative estimate of drug-likeness (QED) is 0.647. The number of nitriles is 1. The molecule has 2 aliphatic rings. The van der Waals surface area contributed by atoms with Crippen molar-refractivity contribution in [1.82, 2.24) is 4.90 Å². The van der Waals surface area contributed by atoms with Crippen LogP contribution >= 0.6 is 0 Å². The summed E-state index contributed by atoms with van der Waals surface area (Å²) < 4.78 is 0. The smallest absolute Gasteiger partial charge is 0.0794 e. The zero-order chi connectivity index (χ0) is 9.26. The first kappa shape index (κ1) is 8.98. The van der Waals surface area contributed by atoms with Crippen LogP contribution in [0.4, 0.5) is 0 Å². The first-order chi connectivity index (χ1) is 6.31. The Hall–Kier alpha value is -0.590. The summed E-state index contributed by atoms with van der Waals surface area (Å²) in [5, 5.41) is 18.1. The van der Waals surface area contributed by atoms with Gasteiger partial charge in [0.25, 0.3) is 0 Å². The maximum Gasteiger partial charge on any atom is 0.0794 e. The lowest BCUT2D eigenvalue weighted by Gasteiger charge is -2.45. The summed E-state index contributed by atoms with van der Waals surface area (Å²) in [6.07, 6.45) is 4.50. The van der Waals surface area contributed by atoms with E-state index in [2.05, 4.69) is 11.0 Å². The van der Waals surface area contributed by atoms with Crippen LogP contribution in [0, 0.1) is 17.2 Å². The number of aliphatic hydroxyl groups is 1. The highest BCUT2D eigenvalue weighted by Crippen LogP contribution is 2.30. The van der Waals surface area contributed by atoms with Gasteiger partial charge in [-0.2, -0.15) is 5.26 Å². The molecule has 0 spiro atoms. The number of hydrogen-bond acceptors (Lipinski definition) is 3. The summed E-state index contributed by atoms with van der Waals surface area (Å²) in [7, 11) is 0. The molecule has 0 bridgehead atoms. The van der Waals surface area contributed by atoms with Crippen molar-refractivity contribution in [2.45, 2.75) is 37.8 Å². The standard InChI is InChI=1S/C10H16N2O/c11-5-8-3-1-2-4-10(8)12-6-9(13)7-12/h8-10,13H,1-4,6-7H2. The second-order valence-electron chi connectivity index (χ2n) is 4.20. The molecule has 2 fully saturated rings. The van der Waals surface area contributed by atoms with Gasteiger partial charge in [0.2, 0.25) is 0 Å². The van der Waals surface area contributed by atoms with Crippen LogP contribution in [0.1, 0.15) is 25.7 Å². The molecule has 3 heteroatoms. The van der Waals surface area contributed by atoms with E-state index in [9.17, 15) is 5.11 Å². The zero-order valence-electron chi connectivity index (χ0n) is 7.82. The fraction of sp³-hybridized carbons (Fsp3) is 0.900. The van der Waals surface area contributed by atoms with Gasteiger partial charge in [-0.1, -0.05) is 12.8 Å². The first-order valence-electron chi connectivity index (χ1n) is 5.13.